The van der Waals surface area contributed by atoms with Gasteiger partial charge in [-0.05, 0) is 150 Å². The average molecular weight is 926 g/mol. The number of allylic oxidation sites excluding steroid dienone is 1. The van der Waals surface area contributed by atoms with Gasteiger partial charge in [-0.3, -0.25) is 0 Å². The lowest BCUT2D eigenvalue weighted by Crippen LogP contribution is -2.10. The molecule has 0 N–H and O–H groups in total. The van der Waals surface area contributed by atoms with Crippen molar-refractivity contribution in [3.05, 3.63) is 173 Å². The van der Waals surface area contributed by atoms with Gasteiger partial charge in [0.25, 0.3) is 0 Å². The Morgan fingerprint density at radius 2 is 0.826 bits per heavy atom. The van der Waals surface area contributed by atoms with E-state index in [0.29, 0.717) is 52.9 Å². The highest BCUT2D eigenvalue weighted by atomic mass is 16.5. The number of carbonyl (C=O) groups excluding carboxylic acids is 3. The van der Waals surface area contributed by atoms with Gasteiger partial charge in [0.15, 0.2) is 0 Å². The molecule has 6 aromatic carbocycles. The third kappa shape index (κ3) is 17.0. The fourth-order valence-corrected chi connectivity index (χ4v) is 7.56. The zero-order valence-corrected chi connectivity index (χ0v) is 40.0. The number of hydrogen-bond acceptors (Lipinski definition) is 9. The number of hydrogen-bond donors (Lipinski definition) is 0. The molecule has 0 fully saturated rings. The Kier molecular flexibility index (Phi) is 20.7. The summed E-state index contributed by atoms with van der Waals surface area (Å²) in [6.07, 6.45) is 19.3. The summed E-state index contributed by atoms with van der Waals surface area (Å²) >= 11 is 0. The number of benzene rings is 6. The van der Waals surface area contributed by atoms with Gasteiger partial charge >= 0.3 is 17.9 Å². The van der Waals surface area contributed by atoms with Crippen LogP contribution in [0, 0.1) is 11.3 Å². The first-order valence-electron chi connectivity index (χ1n) is 24.5. The van der Waals surface area contributed by atoms with E-state index >= 15 is 0 Å². The first-order chi connectivity index (χ1) is 33.8. The SMILES string of the molecule is CCCCCCCCCCCCCCOc1ccc(C(=O)Oc2ccc(C(=O)Oc3cccc(-c4ccc(OC(=O)c5ccc(/C=C(\C#N)c6ccc(OCCCC)cc6)cc5)cc4)c3)cc2)cc1. The molecule has 0 aliphatic carbocycles. The van der Waals surface area contributed by atoms with E-state index in [0.717, 1.165) is 53.7 Å². The van der Waals surface area contributed by atoms with Gasteiger partial charge in [-0.1, -0.05) is 127 Å². The summed E-state index contributed by atoms with van der Waals surface area (Å²) in [7, 11) is 0. The van der Waals surface area contributed by atoms with Gasteiger partial charge in [0.1, 0.15) is 28.7 Å². The molecular weight excluding hydrogens is 863 g/mol. The van der Waals surface area contributed by atoms with Crippen molar-refractivity contribution in [3.8, 4) is 45.9 Å². The molecule has 6 aromatic rings. The summed E-state index contributed by atoms with van der Waals surface area (Å²) in [5, 5.41) is 9.82. The number of carbonyl (C=O) groups is 3. The molecule has 0 aliphatic heterocycles. The Labute approximate surface area is 407 Å². The van der Waals surface area contributed by atoms with Crippen molar-refractivity contribution >= 4 is 29.6 Å². The van der Waals surface area contributed by atoms with Crippen LogP contribution in [0.5, 0.6) is 28.7 Å². The predicted octanol–water partition coefficient (Wildman–Crippen LogP) is 15.3. The van der Waals surface area contributed by atoms with Gasteiger partial charge in [0.05, 0.1) is 41.5 Å². The predicted molar refractivity (Wildman–Crippen MR) is 273 cm³/mol. The van der Waals surface area contributed by atoms with Gasteiger partial charge in [0.2, 0.25) is 0 Å². The van der Waals surface area contributed by atoms with E-state index in [1.165, 1.54) is 64.2 Å². The van der Waals surface area contributed by atoms with Gasteiger partial charge in [0, 0.05) is 0 Å². The maximum Gasteiger partial charge on any atom is 0.343 e. The molecule has 0 atom stereocenters. The highest BCUT2D eigenvalue weighted by molar-refractivity contribution is 5.94. The average Bonchev–Trinajstić information content (AvgIpc) is 3.38. The molecule has 0 saturated heterocycles. The molecule has 0 aromatic heterocycles. The quantitative estimate of drug-likeness (QED) is 0.0163. The van der Waals surface area contributed by atoms with E-state index in [1.807, 2.05) is 42.5 Å². The Balaban J connectivity index is 0.911. The molecule has 0 spiro atoms. The number of ether oxygens (including phenoxy) is 5. The van der Waals surface area contributed by atoms with E-state index in [9.17, 15) is 19.6 Å². The van der Waals surface area contributed by atoms with Crippen LogP contribution < -0.4 is 23.7 Å². The van der Waals surface area contributed by atoms with Gasteiger partial charge in [-0.25, -0.2) is 14.4 Å². The molecule has 9 nitrogen and oxygen atoms in total. The first-order valence-corrected chi connectivity index (χ1v) is 24.5. The van der Waals surface area contributed by atoms with Crippen LogP contribution in [0.2, 0.25) is 0 Å². The smallest absolute Gasteiger partial charge is 0.343 e. The van der Waals surface area contributed by atoms with Gasteiger partial charge in [-0.15, -0.1) is 0 Å². The van der Waals surface area contributed by atoms with Crippen LogP contribution in [-0.4, -0.2) is 31.1 Å². The van der Waals surface area contributed by atoms with Crippen LogP contribution in [0.3, 0.4) is 0 Å². The number of esters is 3. The molecule has 0 unspecified atom stereocenters. The normalized spacial score (nSPS) is 11.1. The van der Waals surface area contributed by atoms with Crippen LogP contribution >= 0.6 is 0 Å². The Morgan fingerprint density at radius 1 is 0.420 bits per heavy atom. The third-order valence-electron chi connectivity index (χ3n) is 11.6. The lowest BCUT2D eigenvalue weighted by atomic mass is 10.0. The fraction of sp³-hybridized carbons (Fsp3) is 0.300. The number of nitriles is 1. The zero-order valence-electron chi connectivity index (χ0n) is 40.0. The summed E-state index contributed by atoms with van der Waals surface area (Å²) in [4.78, 5) is 39.0. The van der Waals surface area contributed by atoms with E-state index in [-0.39, 0.29) is 5.56 Å². The second-order valence-electron chi connectivity index (χ2n) is 17.0. The molecule has 0 bridgehead atoms. The van der Waals surface area contributed by atoms with Crippen molar-refractivity contribution in [3.63, 3.8) is 0 Å². The summed E-state index contributed by atoms with van der Waals surface area (Å²) in [5.74, 6) is 0.874. The van der Waals surface area contributed by atoms with Crippen molar-refractivity contribution in [2.24, 2.45) is 0 Å². The second-order valence-corrected chi connectivity index (χ2v) is 17.0. The number of nitrogens with zero attached hydrogens (tertiary/aromatic N) is 1. The summed E-state index contributed by atoms with van der Waals surface area (Å²) in [6.45, 7) is 5.67. The molecule has 9 heteroatoms. The molecular formula is C60H63NO8. The lowest BCUT2D eigenvalue weighted by molar-refractivity contribution is 0.0723. The zero-order chi connectivity index (χ0) is 48.5. The van der Waals surface area contributed by atoms with Crippen LogP contribution in [0.4, 0.5) is 0 Å². The standard InChI is InChI=1S/C60H63NO8/c1-3-5-7-8-9-10-11-12-13-14-15-16-41-66-54-34-28-49(29-35-54)59(63)68-56-38-30-50(31-39-56)60(64)69-57-19-17-18-51(43-57)46-26-36-55(37-27-46)67-58(62)48-22-20-45(21-23-48)42-52(44-61)47-24-32-53(33-25-47)65-40-6-4-2/h17-39,42-43H,3-16,40-41H2,1-2H3/b52-42+. The minimum Gasteiger partial charge on any atom is -0.494 e. The fourth-order valence-electron chi connectivity index (χ4n) is 7.56. The highest BCUT2D eigenvalue weighted by Crippen LogP contribution is 2.28. The van der Waals surface area contributed by atoms with Crippen molar-refractivity contribution in [2.75, 3.05) is 13.2 Å². The van der Waals surface area contributed by atoms with Crippen LogP contribution in [-0.2, 0) is 0 Å². The molecule has 0 aliphatic rings. The van der Waals surface area contributed by atoms with Crippen molar-refractivity contribution in [2.45, 2.75) is 104 Å². The maximum absolute atomic E-state index is 13.1. The minimum absolute atomic E-state index is 0.286. The third-order valence-corrected chi connectivity index (χ3v) is 11.6. The van der Waals surface area contributed by atoms with Crippen molar-refractivity contribution < 1.29 is 38.1 Å². The van der Waals surface area contributed by atoms with Gasteiger partial charge < -0.3 is 23.7 Å². The molecule has 0 amide bonds. The van der Waals surface area contributed by atoms with E-state index in [1.54, 1.807) is 109 Å². The van der Waals surface area contributed by atoms with Crippen LogP contribution in [0.1, 0.15) is 146 Å². The largest absolute Gasteiger partial charge is 0.494 e. The van der Waals surface area contributed by atoms with E-state index < -0.39 is 17.9 Å². The van der Waals surface area contributed by atoms with Crippen LogP contribution in [0.25, 0.3) is 22.8 Å². The summed E-state index contributed by atoms with van der Waals surface area (Å²) < 4.78 is 28.5. The van der Waals surface area contributed by atoms with Crippen molar-refractivity contribution in [1.29, 1.82) is 5.26 Å². The topological polar surface area (TPSA) is 121 Å². The Morgan fingerprint density at radius 3 is 1.32 bits per heavy atom. The van der Waals surface area contributed by atoms with Crippen molar-refractivity contribution in [1.82, 2.24) is 0 Å². The molecule has 0 heterocycles. The molecule has 69 heavy (non-hydrogen) atoms. The number of unbranched alkanes of at least 4 members (excludes halogenated alkanes) is 12. The minimum atomic E-state index is -0.570. The first kappa shape index (κ1) is 51.0. The number of rotatable bonds is 27. The van der Waals surface area contributed by atoms with E-state index in [2.05, 4.69) is 19.9 Å². The highest BCUT2D eigenvalue weighted by Gasteiger charge is 2.14. The maximum atomic E-state index is 13.1. The molecule has 356 valence electrons. The Hall–Kier alpha value is -7.44. The van der Waals surface area contributed by atoms with E-state index in [4.69, 9.17) is 23.7 Å². The van der Waals surface area contributed by atoms with Gasteiger partial charge in [-0.2, -0.15) is 5.26 Å². The molecule has 6 rings (SSSR count). The lowest BCUT2D eigenvalue weighted by Gasteiger charge is -2.09. The summed E-state index contributed by atoms with van der Waals surface area (Å²) in [5.41, 5.74) is 4.67. The second kappa shape index (κ2) is 28.0. The molecule has 0 radical (unpaired) electrons. The molecule has 0 saturated carbocycles. The summed E-state index contributed by atoms with van der Waals surface area (Å²) in [6, 6.07) is 43.8. The monoisotopic (exact) mass is 925 g/mol. The Bertz CT molecular complexity index is 2590. The van der Waals surface area contributed by atoms with Crippen LogP contribution in [0.15, 0.2) is 146 Å².